The van der Waals surface area contributed by atoms with Gasteiger partial charge in [-0.15, -0.1) is 0 Å². The number of aliphatic hydroxyl groups excluding tert-OH is 1. The molecule has 0 aromatic rings. The lowest BCUT2D eigenvalue weighted by Crippen LogP contribution is -2.51. The third-order valence-electron chi connectivity index (χ3n) is 2.60. The summed E-state index contributed by atoms with van der Waals surface area (Å²) in [5.74, 6) is -1.08. The molecule has 4 nitrogen and oxygen atoms in total. The lowest BCUT2D eigenvalue weighted by atomic mass is 10.1. The zero-order valence-electron chi connectivity index (χ0n) is 10.0. The molecule has 1 aliphatic rings. The first-order valence-electron chi connectivity index (χ1n) is 5.55. The average Bonchev–Trinajstić information content (AvgIpc) is 2.01. The normalized spacial score (nSPS) is 21.1. The molecule has 0 amide bonds. The van der Waals surface area contributed by atoms with Crippen molar-refractivity contribution in [1.29, 1.82) is 0 Å². The van der Waals surface area contributed by atoms with Crippen molar-refractivity contribution >= 4 is 5.97 Å². The van der Waals surface area contributed by atoms with Crippen molar-refractivity contribution in [2.24, 2.45) is 0 Å². The van der Waals surface area contributed by atoms with E-state index in [2.05, 4.69) is 7.05 Å². The number of carboxylic acids is 1. The van der Waals surface area contributed by atoms with E-state index in [4.69, 9.17) is 9.90 Å². The minimum Gasteiger partial charge on any atom is -0.550 e. The number of hydrogen-bond donors (Lipinski definition) is 1. The Bertz CT molecular complexity index is 182. The number of quaternary nitrogens is 1. The van der Waals surface area contributed by atoms with Gasteiger partial charge in [0.1, 0.15) is 12.6 Å². The largest absolute Gasteiger partial charge is 0.550 e. The predicted molar refractivity (Wildman–Crippen MR) is 57.0 cm³/mol. The Hall–Kier alpha value is -0.610. The van der Waals surface area contributed by atoms with Crippen LogP contribution in [0.4, 0.5) is 0 Å². The zero-order chi connectivity index (χ0) is 11.9. The van der Waals surface area contributed by atoms with Gasteiger partial charge in [0.25, 0.3) is 0 Å². The van der Waals surface area contributed by atoms with Crippen molar-refractivity contribution in [2.45, 2.75) is 39.2 Å². The number of aliphatic hydroxyl groups is 1. The summed E-state index contributed by atoms with van der Waals surface area (Å²) in [7, 11) is 2.26. The van der Waals surface area contributed by atoms with Gasteiger partial charge in [-0.3, -0.25) is 0 Å². The highest BCUT2D eigenvalue weighted by atomic mass is 16.4. The molecule has 0 aliphatic carbocycles. The first-order valence-corrected chi connectivity index (χ1v) is 5.55. The van der Waals surface area contributed by atoms with Crippen LogP contribution in [0.15, 0.2) is 0 Å². The molecule has 0 aromatic heterocycles. The lowest BCUT2D eigenvalue weighted by Gasteiger charge is -2.38. The average molecular weight is 217 g/mol. The molecular weight excluding hydrogens is 194 g/mol. The highest BCUT2D eigenvalue weighted by molar-refractivity contribution is 5.60. The first kappa shape index (κ1) is 14.4. The zero-order valence-corrected chi connectivity index (χ0v) is 10.0. The molecule has 4 heteroatoms. The van der Waals surface area contributed by atoms with Crippen molar-refractivity contribution in [1.82, 2.24) is 0 Å². The van der Waals surface area contributed by atoms with E-state index in [0.29, 0.717) is 0 Å². The van der Waals surface area contributed by atoms with Gasteiger partial charge >= 0.3 is 0 Å². The number of carbonyl (C=O) groups excluding carboxylic acids is 1. The van der Waals surface area contributed by atoms with Crippen LogP contribution in [-0.2, 0) is 4.79 Å². The lowest BCUT2D eigenvalue weighted by molar-refractivity contribution is -0.916. The standard InChI is InChI=1S/C9H20NO.C2H4O2/c1-9(11)8-10(2)6-4-3-5-7-10;1-2(3)4/h9,11H,3-8H2,1-2H3;1H3,(H,3,4)/q+1;/p-1. The maximum absolute atomic E-state index is 9.25. The molecule has 1 rings (SSSR count). The van der Waals surface area contributed by atoms with Crippen LogP contribution < -0.4 is 5.11 Å². The number of nitrogens with zero attached hydrogens (tertiary/aromatic N) is 1. The van der Waals surface area contributed by atoms with E-state index in [9.17, 15) is 5.11 Å². The molecule has 1 unspecified atom stereocenters. The van der Waals surface area contributed by atoms with Crippen LogP contribution in [0.3, 0.4) is 0 Å². The number of hydrogen-bond acceptors (Lipinski definition) is 3. The number of carboxylic acid groups (broad SMARTS) is 1. The van der Waals surface area contributed by atoms with Gasteiger partial charge in [-0.2, -0.15) is 0 Å². The minimum atomic E-state index is -1.08. The molecule has 0 radical (unpaired) electrons. The molecule has 0 aromatic carbocycles. The number of carbonyl (C=O) groups is 1. The molecule has 1 heterocycles. The third kappa shape index (κ3) is 8.39. The summed E-state index contributed by atoms with van der Waals surface area (Å²) in [5.41, 5.74) is 0. The topological polar surface area (TPSA) is 60.4 Å². The second-order valence-corrected chi connectivity index (χ2v) is 4.65. The smallest absolute Gasteiger partial charge is 0.104 e. The molecule has 1 N–H and O–H groups in total. The van der Waals surface area contributed by atoms with Gasteiger partial charge in [0.05, 0.1) is 20.1 Å². The van der Waals surface area contributed by atoms with Gasteiger partial charge in [0, 0.05) is 5.97 Å². The number of likely N-dealkylation sites (N-methyl/N-ethyl adjacent to an activating group) is 1. The molecule has 1 saturated heterocycles. The quantitative estimate of drug-likeness (QED) is 0.649. The molecule has 1 fully saturated rings. The Morgan fingerprint density at radius 2 is 1.80 bits per heavy atom. The number of likely N-dealkylation sites (tertiary alicyclic amines) is 1. The van der Waals surface area contributed by atoms with Gasteiger partial charge in [-0.25, -0.2) is 0 Å². The maximum Gasteiger partial charge on any atom is 0.104 e. The number of piperidine rings is 1. The fourth-order valence-corrected chi connectivity index (χ4v) is 2.10. The Morgan fingerprint density at radius 3 is 2.13 bits per heavy atom. The summed E-state index contributed by atoms with van der Waals surface area (Å²) in [6, 6.07) is 0. The molecule has 15 heavy (non-hydrogen) atoms. The van der Waals surface area contributed by atoms with E-state index in [-0.39, 0.29) is 6.10 Å². The fourth-order valence-electron chi connectivity index (χ4n) is 2.10. The Balaban J connectivity index is 0.000000423. The number of rotatable bonds is 2. The van der Waals surface area contributed by atoms with E-state index in [0.717, 1.165) is 18.0 Å². The van der Waals surface area contributed by atoms with E-state index < -0.39 is 5.97 Å². The van der Waals surface area contributed by atoms with Crippen LogP contribution in [-0.4, -0.2) is 48.3 Å². The van der Waals surface area contributed by atoms with E-state index in [1.165, 1.54) is 32.4 Å². The van der Waals surface area contributed by atoms with Gasteiger partial charge in [-0.05, 0) is 33.1 Å². The highest BCUT2D eigenvalue weighted by Gasteiger charge is 2.25. The Labute approximate surface area is 92.1 Å². The van der Waals surface area contributed by atoms with Gasteiger partial charge < -0.3 is 19.5 Å². The van der Waals surface area contributed by atoms with Crippen molar-refractivity contribution < 1.29 is 19.5 Å². The summed E-state index contributed by atoms with van der Waals surface area (Å²) in [4.78, 5) is 8.89. The van der Waals surface area contributed by atoms with Crippen LogP contribution in [0.25, 0.3) is 0 Å². The molecule has 1 atom stereocenters. The Morgan fingerprint density at radius 1 is 1.40 bits per heavy atom. The minimum absolute atomic E-state index is 0.141. The van der Waals surface area contributed by atoms with E-state index >= 15 is 0 Å². The van der Waals surface area contributed by atoms with E-state index in [1.54, 1.807) is 0 Å². The number of aliphatic carboxylic acids is 1. The summed E-state index contributed by atoms with van der Waals surface area (Å²) in [6.07, 6.45) is 3.91. The van der Waals surface area contributed by atoms with Crippen LogP contribution >= 0.6 is 0 Å². The molecule has 1 aliphatic heterocycles. The first-order chi connectivity index (χ1) is 6.86. The molecule has 0 spiro atoms. The molecular formula is C11H23NO3. The van der Waals surface area contributed by atoms with Crippen LogP contribution in [0.1, 0.15) is 33.1 Å². The van der Waals surface area contributed by atoms with Gasteiger partial charge in [-0.1, -0.05) is 0 Å². The van der Waals surface area contributed by atoms with Crippen molar-refractivity contribution in [2.75, 3.05) is 26.7 Å². The van der Waals surface area contributed by atoms with Crippen LogP contribution in [0.5, 0.6) is 0 Å². The molecule has 90 valence electrons. The van der Waals surface area contributed by atoms with Crippen LogP contribution in [0, 0.1) is 0 Å². The summed E-state index contributed by atoms with van der Waals surface area (Å²) in [5, 5.41) is 18.1. The highest BCUT2D eigenvalue weighted by Crippen LogP contribution is 2.16. The monoisotopic (exact) mass is 217 g/mol. The van der Waals surface area contributed by atoms with Crippen molar-refractivity contribution in [3.05, 3.63) is 0 Å². The van der Waals surface area contributed by atoms with Gasteiger partial charge in [0.2, 0.25) is 0 Å². The summed E-state index contributed by atoms with van der Waals surface area (Å²) >= 11 is 0. The second-order valence-electron chi connectivity index (χ2n) is 4.65. The second kappa shape index (κ2) is 6.80. The van der Waals surface area contributed by atoms with Crippen molar-refractivity contribution in [3.63, 3.8) is 0 Å². The van der Waals surface area contributed by atoms with Crippen LogP contribution in [0.2, 0.25) is 0 Å². The Kier molecular flexibility index (Phi) is 6.52. The SMILES string of the molecule is CC(=O)[O-].CC(O)C[N+]1(C)CCCCC1. The maximum atomic E-state index is 9.25. The predicted octanol–water partition coefficient (Wildman–Crippen LogP) is -0.246. The van der Waals surface area contributed by atoms with E-state index in [1.807, 2.05) is 6.92 Å². The molecule has 0 bridgehead atoms. The third-order valence-corrected chi connectivity index (χ3v) is 2.60. The van der Waals surface area contributed by atoms with Crippen molar-refractivity contribution in [3.8, 4) is 0 Å². The molecule has 0 saturated carbocycles. The van der Waals surface area contributed by atoms with Gasteiger partial charge in [0.15, 0.2) is 0 Å². The fraction of sp³-hybridized carbons (Fsp3) is 0.909. The summed E-state index contributed by atoms with van der Waals surface area (Å²) in [6.45, 7) is 6.30. The summed E-state index contributed by atoms with van der Waals surface area (Å²) < 4.78 is 1.08.